The predicted octanol–water partition coefficient (Wildman–Crippen LogP) is 1.85. The van der Waals surface area contributed by atoms with E-state index in [1.54, 1.807) is 13.2 Å². The summed E-state index contributed by atoms with van der Waals surface area (Å²) in [7, 11) is 1.72. The van der Waals surface area contributed by atoms with Gasteiger partial charge in [-0.25, -0.2) is 0 Å². The summed E-state index contributed by atoms with van der Waals surface area (Å²) in [6.07, 6.45) is 0.907. The van der Waals surface area contributed by atoms with Crippen molar-refractivity contribution in [3.05, 3.63) is 29.8 Å². The van der Waals surface area contributed by atoms with E-state index in [2.05, 4.69) is 5.32 Å². The average molecular weight is 251 g/mol. The molecule has 1 saturated heterocycles. The van der Waals surface area contributed by atoms with Crippen LogP contribution in [0.25, 0.3) is 0 Å². The molecule has 0 bridgehead atoms. The van der Waals surface area contributed by atoms with Crippen LogP contribution in [0, 0.1) is 0 Å². The van der Waals surface area contributed by atoms with Gasteiger partial charge in [0, 0.05) is 38.3 Å². The van der Waals surface area contributed by atoms with E-state index < -0.39 is 0 Å². The molecule has 1 fully saturated rings. The van der Waals surface area contributed by atoms with Crippen molar-refractivity contribution in [3.8, 4) is 5.75 Å². The molecule has 2 atom stereocenters. The second kappa shape index (κ2) is 5.69. The van der Waals surface area contributed by atoms with Gasteiger partial charge in [0.15, 0.2) is 0 Å². The van der Waals surface area contributed by atoms with Crippen LogP contribution in [0.1, 0.15) is 24.9 Å². The van der Waals surface area contributed by atoms with Crippen molar-refractivity contribution in [2.45, 2.75) is 25.0 Å². The zero-order valence-corrected chi connectivity index (χ0v) is 11.0. The van der Waals surface area contributed by atoms with E-state index >= 15 is 0 Å². The molecule has 0 saturated carbocycles. The third kappa shape index (κ3) is 2.83. The number of phenols is 1. The third-order valence-corrected chi connectivity index (χ3v) is 3.63. The maximum Gasteiger partial charge on any atom is 0.120 e. The summed E-state index contributed by atoms with van der Waals surface area (Å²) >= 11 is 0. The highest BCUT2D eigenvalue weighted by Crippen LogP contribution is 2.26. The van der Waals surface area contributed by atoms with Gasteiger partial charge >= 0.3 is 0 Å². The number of hydrogen-bond donors (Lipinski definition) is 2. The zero-order chi connectivity index (χ0) is 13.0. The molecular weight excluding hydrogens is 230 g/mol. The highest BCUT2D eigenvalue weighted by molar-refractivity contribution is 5.34. The first-order chi connectivity index (χ1) is 8.67. The maximum absolute atomic E-state index is 9.80. The summed E-state index contributed by atoms with van der Waals surface area (Å²) in [6, 6.07) is 7.47. The number of methoxy groups -OCH3 is 1. The first-order valence-corrected chi connectivity index (χ1v) is 6.31. The molecule has 2 N–H and O–H groups in total. The molecule has 0 radical (unpaired) electrons. The highest BCUT2D eigenvalue weighted by Gasteiger charge is 2.35. The number of para-hydroxylation sites is 1. The Balaban J connectivity index is 1.96. The predicted molar refractivity (Wildman–Crippen MR) is 69.7 cm³/mol. The van der Waals surface area contributed by atoms with Crippen LogP contribution >= 0.6 is 0 Å². The second-order valence-corrected chi connectivity index (χ2v) is 4.85. The lowest BCUT2D eigenvalue weighted by atomic mass is 10.0. The highest BCUT2D eigenvalue weighted by atomic mass is 16.5. The first-order valence-electron chi connectivity index (χ1n) is 6.31. The molecule has 0 aromatic heterocycles. The van der Waals surface area contributed by atoms with Gasteiger partial charge in [0.05, 0.1) is 6.61 Å². The number of hydrogen-bond acceptors (Lipinski definition) is 4. The Morgan fingerprint density at radius 1 is 1.50 bits per heavy atom. The van der Waals surface area contributed by atoms with Gasteiger partial charge in [-0.1, -0.05) is 18.2 Å². The number of ether oxygens (including phenoxy) is 2. The van der Waals surface area contributed by atoms with E-state index in [0.717, 1.165) is 25.1 Å². The van der Waals surface area contributed by atoms with Crippen molar-refractivity contribution < 1.29 is 14.6 Å². The molecule has 0 spiro atoms. The quantitative estimate of drug-likeness (QED) is 0.838. The number of benzene rings is 1. The van der Waals surface area contributed by atoms with Crippen molar-refractivity contribution in [3.63, 3.8) is 0 Å². The minimum atomic E-state index is -0.224. The molecular formula is C14H21NO3. The number of nitrogens with one attached hydrogen (secondary N) is 1. The van der Waals surface area contributed by atoms with E-state index in [1.165, 1.54) is 0 Å². The van der Waals surface area contributed by atoms with Gasteiger partial charge in [0.25, 0.3) is 0 Å². The molecule has 1 heterocycles. The van der Waals surface area contributed by atoms with Gasteiger partial charge in [0.2, 0.25) is 0 Å². The van der Waals surface area contributed by atoms with Gasteiger partial charge in [0.1, 0.15) is 11.4 Å². The molecule has 1 aliphatic heterocycles. The lowest BCUT2D eigenvalue weighted by Gasteiger charge is -2.28. The number of phenolic OH excluding ortho intramolecular Hbond substituents is 1. The summed E-state index contributed by atoms with van der Waals surface area (Å²) < 4.78 is 11.0. The van der Waals surface area contributed by atoms with Crippen LogP contribution in [0.4, 0.5) is 0 Å². The summed E-state index contributed by atoms with van der Waals surface area (Å²) in [5.74, 6) is 0.326. The molecule has 2 unspecified atom stereocenters. The second-order valence-electron chi connectivity index (χ2n) is 4.85. The Morgan fingerprint density at radius 3 is 2.89 bits per heavy atom. The van der Waals surface area contributed by atoms with Crippen LogP contribution in [0.2, 0.25) is 0 Å². The minimum Gasteiger partial charge on any atom is -0.508 e. The Hall–Kier alpha value is -1.10. The Morgan fingerprint density at radius 2 is 2.28 bits per heavy atom. The van der Waals surface area contributed by atoms with Crippen LogP contribution < -0.4 is 5.32 Å². The maximum atomic E-state index is 9.80. The number of rotatable bonds is 5. The zero-order valence-electron chi connectivity index (χ0n) is 11.0. The van der Waals surface area contributed by atoms with Crippen LogP contribution in [0.3, 0.4) is 0 Å². The molecule has 100 valence electrons. The Bertz CT molecular complexity index is 388. The van der Waals surface area contributed by atoms with Crippen molar-refractivity contribution in [2.24, 2.45) is 0 Å². The van der Waals surface area contributed by atoms with Crippen LogP contribution in [0.5, 0.6) is 5.75 Å². The fraction of sp³-hybridized carbons (Fsp3) is 0.571. The summed E-state index contributed by atoms with van der Waals surface area (Å²) in [5, 5.41) is 13.2. The van der Waals surface area contributed by atoms with Gasteiger partial charge in [-0.05, 0) is 13.0 Å². The lowest BCUT2D eigenvalue weighted by Crippen LogP contribution is -2.43. The van der Waals surface area contributed by atoms with Crippen molar-refractivity contribution >= 4 is 0 Å². The van der Waals surface area contributed by atoms with Gasteiger partial charge in [-0.2, -0.15) is 0 Å². The monoisotopic (exact) mass is 251 g/mol. The molecule has 2 rings (SSSR count). The van der Waals surface area contributed by atoms with Crippen LogP contribution in [0.15, 0.2) is 24.3 Å². The van der Waals surface area contributed by atoms with Crippen molar-refractivity contribution in [1.29, 1.82) is 0 Å². The molecule has 0 amide bonds. The van der Waals surface area contributed by atoms with Crippen LogP contribution in [-0.4, -0.2) is 37.6 Å². The van der Waals surface area contributed by atoms with Gasteiger partial charge in [-0.3, -0.25) is 0 Å². The third-order valence-electron chi connectivity index (χ3n) is 3.63. The summed E-state index contributed by atoms with van der Waals surface area (Å²) in [6.45, 7) is 4.14. The standard InChI is InChI=1S/C14H21NO3/c1-11(12-5-3-4-6-13(12)16)15-9-14(17-2)7-8-18-10-14/h3-6,11,15-16H,7-10H2,1-2H3. The first kappa shape index (κ1) is 13.3. The van der Waals surface area contributed by atoms with E-state index in [0.29, 0.717) is 12.4 Å². The van der Waals surface area contributed by atoms with Gasteiger partial charge < -0.3 is 19.9 Å². The molecule has 4 nitrogen and oxygen atoms in total. The van der Waals surface area contributed by atoms with Crippen molar-refractivity contribution in [2.75, 3.05) is 26.9 Å². The minimum absolute atomic E-state index is 0.0822. The fourth-order valence-electron chi connectivity index (χ4n) is 2.26. The molecule has 4 heteroatoms. The molecule has 1 aromatic carbocycles. The summed E-state index contributed by atoms with van der Waals surface area (Å²) in [5.41, 5.74) is 0.682. The van der Waals surface area contributed by atoms with E-state index in [1.807, 2.05) is 25.1 Å². The fourth-order valence-corrected chi connectivity index (χ4v) is 2.26. The topological polar surface area (TPSA) is 50.7 Å². The summed E-state index contributed by atoms with van der Waals surface area (Å²) in [4.78, 5) is 0. The SMILES string of the molecule is COC1(CNC(C)c2ccccc2O)CCOC1. The van der Waals surface area contributed by atoms with Crippen LogP contribution in [-0.2, 0) is 9.47 Å². The lowest BCUT2D eigenvalue weighted by molar-refractivity contribution is -0.0172. The molecule has 1 aliphatic rings. The largest absolute Gasteiger partial charge is 0.508 e. The smallest absolute Gasteiger partial charge is 0.120 e. The molecule has 18 heavy (non-hydrogen) atoms. The normalized spacial score (nSPS) is 25.2. The van der Waals surface area contributed by atoms with Crippen molar-refractivity contribution in [1.82, 2.24) is 5.32 Å². The average Bonchev–Trinajstić information content (AvgIpc) is 2.86. The van der Waals surface area contributed by atoms with E-state index in [9.17, 15) is 5.11 Å². The van der Waals surface area contributed by atoms with E-state index in [4.69, 9.17) is 9.47 Å². The number of aromatic hydroxyl groups is 1. The Kier molecular flexibility index (Phi) is 4.22. The Labute approximate surface area is 108 Å². The van der Waals surface area contributed by atoms with Gasteiger partial charge in [-0.15, -0.1) is 0 Å². The van der Waals surface area contributed by atoms with E-state index in [-0.39, 0.29) is 11.6 Å². The molecule has 1 aromatic rings. The molecule has 0 aliphatic carbocycles.